The smallest absolute Gasteiger partial charge is 0.265 e. The minimum Gasteiger partial charge on any atom is -0.505 e. The van der Waals surface area contributed by atoms with Crippen LogP contribution < -0.4 is 0 Å². The quantitative estimate of drug-likeness (QED) is 0.836. The third kappa shape index (κ3) is 2.92. The van der Waals surface area contributed by atoms with Crippen LogP contribution in [0.5, 0.6) is 5.75 Å². The molecule has 1 N–H and O–H groups in total. The number of aromatic hydroxyl groups is 1. The van der Waals surface area contributed by atoms with Crippen molar-refractivity contribution in [3.8, 4) is 5.75 Å². The number of hydrogen-bond acceptors (Lipinski definition) is 5. The zero-order valence-corrected chi connectivity index (χ0v) is 11.1. The molecule has 0 aliphatic heterocycles. The highest BCUT2D eigenvalue weighted by molar-refractivity contribution is 8.14. The zero-order valence-electron chi connectivity index (χ0n) is 7.19. The molecule has 0 amide bonds. The van der Waals surface area contributed by atoms with Gasteiger partial charge < -0.3 is 5.11 Å². The molecule has 0 radical (unpaired) electrons. The number of phenolic OH excluding ortho intramolecular Hbond substituents is 1. The van der Waals surface area contributed by atoms with Gasteiger partial charge in [0, 0.05) is 21.4 Å². The fraction of sp³-hybridized carbons (Fsp3) is 0. The van der Waals surface area contributed by atoms with E-state index in [-0.39, 0.29) is 0 Å². The highest BCUT2D eigenvalue weighted by Gasteiger charge is 2.23. The van der Waals surface area contributed by atoms with Crippen molar-refractivity contribution in [1.29, 1.82) is 0 Å². The van der Waals surface area contributed by atoms with Gasteiger partial charge in [0.15, 0.2) is 5.75 Å². The summed E-state index contributed by atoms with van der Waals surface area (Å²) < 4.78 is 43.9. The fourth-order valence-corrected chi connectivity index (χ4v) is 3.04. The van der Waals surface area contributed by atoms with E-state index in [1.807, 2.05) is 0 Å². The topological polar surface area (TPSA) is 88.5 Å². The van der Waals surface area contributed by atoms with Crippen LogP contribution in [0.15, 0.2) is 21.9 Å². The van der Waals surface area contributed by atoms with Crippen LogP contribution in [0.2, 0.25) is 5.02 Å². The minimum absolute atomic E-state index is 0.485. The summed E-state index contributed by atoms with van der Waals surface area (Å²) in [6, 6.07) is 1.43. The molecule has 0 aliphatic carbocycles. The molecule has 0 aromatic heterocycles. The zero-order chi connectivity index (χ0) is 12.7. The summed E-state index contributed by atoms with van der Waals surface area (Å²) in [6.45, 7) is 0. The fourth-order valence-electron chi connectivity index (χ4n) is 0.877. The molecule has 1 aromatic rings. The van der Waals surface area contributed by atoms with Gasteiger partial charge in [0.05, 0.1) is 9.92 Å². The van der Waals surface area contributed by atoms with Crippen LogP contribution >= 0.6 is 33.0 Å². The molecule has 90 valence electrons. The number of hydrogen-bond donors (Lipinski definition) is 1. The largest absolute Gasteiger partial charge is 0.505 e. The molecule has 1 rings (SSSR count). The third-order valence-electron chi connectivity index (χ3n) is 1.55. The molecule has 0 bridgehead atoms. The molecule has 16 heavy (non-hydrogen) atoms. The Balaban J connectivity index is 3.72. The predicted molar refractivity (Wildman–Crippen MR) is 59.2 cm³/mol. The Morgan fingerprint density at radius 2 is 1.50 bits per heavy atom. The lowest BCUT2D eigenvalue weighted by Gasteiger charge is -2.05. The summed E-state index contributed by atoms with van der Waals surface area (Å²) in [6.07, 6.45) is 0. The molecule has 5 nitrogen and oxygen atoms in total. The second kappa shape index (κ2) is 4.23. The monoisotopic (exact) mass is 330 g/mol. The Morgan fingerprint density at radius 3 is 1.88 bits per heavy atom. The normalized spacial score (nSPS) is 12.7. The van der Waals surface area contributed by atoms with Crippen LogP contribution in [0.25, 0.3) is 0 Å². The Labute approximate surface area is 105 Å². The lowest BCUT2D eigenvalue weighted by molar-refractivity contribution is 0.459. The maximum Gasteiger partial charge on any atom is 0.265 e. The van der Waals surface area contributed by atoms with E-state index in [4.69, 9.17) is 33.0 Å². The number of phenols is 1. The van der Waals surface area contributed by atoms with Gasteiger partial charge in [-0.05, 0) is 12.1 Å². The second-order valence-corrected chi connectivity index (χ2v) is 8.14. The first kappa shape index (κ1) is 13.9. The number of rotatable bonds is 2. The second-order valence-electron chi connectivity index (χ2n) is 2.63. The molecule has 0 saturated heterocycles. The van der Waals surface area contributed by atoms with E-state index in [1.54, 1.807) is 0 Å². The van der Waals surface area contributed by atoms with Gasteiger partial charge in [-0.15, -0.1) is 0 Å². The van der Waals surface area contributed by atoms with E-state index in [0.29, 0.717) is 6.07 Å². The Kier molecular flexibility index (Phi) is 3.66. The molecule has 0 fully saturated rings. The van der Waals surface area contributed by atoms with Crippen molar-refractivity contribution in [3.63, 3.8) is 0 Å². The van der Waals surface area contributed by atoms with Gasteiger partial charge in [-0.1, -0.05) is 11.6 Å². The summed E-state index contributed by atoms with van der Waals surface area (Å²) in [5, 5.41) is 8.80. The lowest BCUT2D eigenvalue weighted by atomic mass is 11.3. The molecule has 0 atom stereocenters. The first-order chi connectivity index (χ1) is 7.03. The molecule has 0 heterocycles. The first-order valence-corrected chi connectivity index (χ1v) is 8.45. The standard InChI is InChI=1S/C6H3Cl3O5S2/c7-4-1-3(15(8,11)12)2-5(6(4)10)16(9,13)14/h1-2,10H/i1+1,2+1,3+1,4+1,5+1,6+1. The molecule has 0 saturated carbocycles. The van der Waals surface area contributed by atoms with E-state index < -0.39 is 38.7 Å². The van der Waals surface area contributed by atoms with Crippen LogP contribution in [0, 0.1) is 0 Å². The van der Waals surface area contributed by atoms with E-state index in [0.717, 1.165) is 6.07 Å². The summed E-state index contributed by atoms with van der Waals surface area (Å²) >= 11 is 5.43. The van der Waals surface area contributed by atoms with Crippen molar-refractivity contribution in [2.45, 2.75) is 9.79 Å². The van der Waals surface area contributed by atoms with Crippen molar-refractivity contribution in [2.75, 3.05) is 0 Å². The average molecular weight is 332 g/mol. The van der Waals surface area contributed by atoms with Crippen molar-refractivity contribution in [1.82, 2.24) is 0 Å². The summed E-state index contributed by atoms with van der Waals surface area (Å²) in [7, 11) is 1.48. The molecular formula is C6H3Cl3O5S2. The van der Waals surface area contributed by atoms with Crippen LogP contribution in [-0.4, -0.2) is 21.9 Å². The van der Waals surface area contributed by atoms with Crippen LogP contribution in [0.3, 0.4) is 0 Å². The Bertz CT molecular complexity index is 634. The van der Waals surface area contributed by atoms with Crippen molar-refractivity contribution in [2.24, 2.45) is 0 Å². The minimum atomic E-state index is -4.32. The summed E-state index contributed by atoms with van der Waals surface area (Å²) in [5.41, 5.74) is 0. The van der Waals surface area contributed by atoms with Gasteiger partial charge in [0.2, 0.25) is 0 Å². The number of benzene rings is 1. The first-order valence-electron chi connectivity index (χ1n) is 3.45. The molecule has 0 spiro atoms. The number of halogens is 3. The SMILES string of the molecule is O=S(=O)(Cl)[13c]1[13cH][13c](Cl)[13c](O)[13c](S(=O)(=O)Cl)[13cH]1. The summed E-state index contributed by atoms with van der Waals surface area (Å²) in [5.74, 6) is -0.833. The highest BCUT2D eigenvalue weighted by atomic mass is 35.7. The van der Waals surface area contributed by atoms with Gasteiger partial charge >= 0.3 is 0 Å². The average Bonchev–Trinajstić information content (AvgIpc) is 2.05. The van der Waals surface area contributed by atoms with E-state index >= 15 is 0 Å². The van der Waals surface area contributed by atoms with E-state index in [9.17, 15) is 21.9 Å². The van der Waals surface area contributed by atoms with E-state index in [2.05, 4.69) is 0 Å². The van der Waals surface area contributed by atoms with Crippen LogP contribution in [-0.2, 0) is 18.1 Å². The molecule has 0 aliphatic rings. The van der Waals surface area contributed by atoms with Crippen LogP contribution in [0.4, 0.5) is 0 Å². The Hall–Kier alpha value is -0.210. The van der Waals surface area contributed by atoms with Crippen LogP contribution in [0.1, 0.15) is 0 Å². The van der Waals surface area contributed by atoms with Gasteiger partial charge in [-0.2, -0.15) is 0 Å². The van der Waals surface area contributed by atoms with Gasteiger partial charge in [0.1, 0.15) is 4.90 Å². The Morgan fingerprint density at radius 1 is 1.00 bits per heavy atom. The molecular weight excluding hydrogens is 329 g/mol. The van der Waals surface area contributed by atoms with Crippen molar-refractivity contribution >= 4 is 51.1 Å². The van der Waals surface area contributed by atoms with Gasteiger partial charge in [-0.25, -0.2) is 16.8 Å². The molecule has 10 heteroatoms. The predicted octanol–water partition coefficient (Wildman–Crippen LogP) is 1.90. The van der Waals surface area contributed by atoms with Crippen molar-refractivity contribution in [3.05, 3.63) is 17.2 Å². The van der Waals surface area contributed by atoms with Gasteiger partial charge in [-0.3, -0.25) is 0 Å². The maximum atomic E-state index is 11.0. The third-order valence-corrected chi connectivity index (χ3v) is 4.50. The van der Waals surface area contributed by atoms with Gasteiger partial charge in [0.25, 0.3) is 18.1 Å². The molecule has 0 unspecified atom stereocenters. The molecule has 1 aromatic carbocycles. The van der Waals surface area contributed by atoms with E-state index in [1.165, 1.54) is 0 Å². The highest BCUT2D eigenvalue weighted by Crippen LogP contribution is 2.36. The lowest BCUT2D eigenvalue weighted by Crippen LogP contribution is -1.97. The van der Waals surface area contributed by atoms with Crippen molar-refractivity contribution < 1.29 is 21.9 Å². The summed E-state index contributed by atoms with van der Waals surface area (Å²) in [4.78, 5) is -1.39. The maximum absolute atomic E-state index is 11.0.